The fourth-order valence-corrected chi connectivity index (χ4v) is 5.63. The number of carbonyl (C=O) groups excluding carboxylic acids is 1. The van der Waals surface area contributed by atoms with E-state index in [1.807, 2.05) is 24.4 Å². The van der Waals surface area contributed by atoms with Gasteiger partial charge in [-0.05, 0) is 80.7 Å². The number of nitrogens with one attached hydrogen (secondary N) is 3. The van der Waals surface area contributed by atoms with E-state index in [2.05, 4.69) is 49.7 Å². The summed E-state index contributed by atoms with van der Waals surface area (Å²) in [4.78, 5) is 21.6. The van der Waals surface area contributed by atoms with Crippen LogP contribution in [0.4, 0.5) is 0 Å². The summed E-state index contributed by atoms with van der Waals surface area (Å²) in [6.45, 7) is 3.75. The second kappa shape index (κ2) is 7.69. The van der Waals surface area contributed by atoms with Gasteiger partial charge in [-0.25, -0.2) is 4.98 Å². The Balaban J connectivity index is 1.44. The van der Waals surface area contributed by atoms with Gasteiger partial charge in [-0.2, -0.15) is 5.10 Å². The predicted octanol–water partition coefficient (Wildman–Crippen LogP) is 5.50. The van der Waals surface area contributed by atoms with Gasteiger partial charge in [0.2, 0.25) is 0 Å². The Morgan fingerprint density at radius 1 is 1.06 bits per heavy atom. The van der Waals surface area contributed by atoms with E-state index in [1.165, 1.54) is 29.7 Å². The number of aromatic nitrogens is 4. The van der Waals surface area contributed by atoms with Crippen LogP contribution in [0, 0.1) is 0 Å². The summed E-state index contributed by atoms with van der Waals surface area (Å²) in [7, 11) is 0. The molecular weight excluding hydrogens is 418 g/mol. The standard InChI is InChI=1S/C25H23N5OS/c1-14(31)22-4-5-23(32-22)17-8-11-27-25-18(17)13-21(28-25)24-19-12-16(2-3-20(19)29-30-24)15-6-9-26-10-7-15/h2-5,8,11-13,15,26H,6-7,9-10H2,1H3,(H,27,28)(H,29,30). The van der Waals surface area contributed by atoms with Crippen LogP contribution in [0.1, 0.15) is 40.9 Å². The SMILES string of the molecule is CC(=O)c1ccc(-c2ccnc3[nH]c(-c4n[nH]c5ccc(C6CCNCC6)cc45)cc23)s1. The highest BCUT2D eigenvalue weighted by atomic mass is 32.1. The third-order valence-corrected chi connectivity index (χ3v) is 7.62. The molecule has 0 unspecified atom stereocenters. The molecule has 1 fully saturated rings. The molecule has 0 saturated carbocycles. The molecule has 6 rings (SSSR count). The van der Waals surface area contributed by atoms with Crippen LogP contribution in [0.15, 0.2) is 48.7 Å². The molecule has 1 aliphatic rings. The monoisotopic (exact) mass is 441 g/mol. The van der Waals surface area contributed by atoms with Crippen molar-refractivity contribution in [3.63, 3.8) is 0 Å². The lowest BCUT2D eigenvalue weighted by atomic mass is 9.89. The fraction of sp³-hybridized carbons (Fsp3) is 0.240. The Labute approximate surface area is 189 Å². The molecule has 0 bridgehead atoms. The minimum Gasteiger partial charge on any atom is -0.338 e. The van der Waals surface area contributed by atoms with E-state index in [4.69, 9.17) is 0 Å². The van der Waals surface area contributed by atoms with Crippen LogP contribution < -0.4 is 5.32 Å². The largest absolute Gasteiger partial charge is 0.338 e. The highest BCUT2D eigenvalue weighted by molar-refractivity contribution is 7.17. The number of carbonyl (C=O) groups is 1. The van der Waals surface area contributed by atoms with Gasteiger partial charge in [0.05, 0.1) is 16.1 Å². The van der Waals surface area contributed by atoms with Gasteiger partial charge in [0, 0.05) is 27.4 Å². The molecule has 5 heterocycles. The molecule has 7 heteroatoms. The summed E-state index contributed by atoms with van der Waals surface area (Å²) in [5.41, 5.74) is 6.17. The molecule has 4 aromatic heterocycles. The van der Waals surface area contributed by atoms with Crippen molar-refractivity contribution in [1.82, 2.24) is 25.5 Å². The maximum absolute atomic E-state index is 11.8. The average molecular weight is 442 g/mol. The maximum atomic E-state index is 11.8. The molecule has 0 radical (unpaired) electrons. The summed E-state index contributed by atoms with van der Waals surface area (Å²) >= 11 is 1.52. The van der Waals surface area contributed by atoms with Crippen molar-refractivity contribution in [2.24, 2.45) is 0 Å². The zero-order valence-corrected chi connectivity index (χ0v) is 18.6. The highest BCUT2D eigenvalue weighted by Gasteiger charge is 2.19. The quantitative estimate of drug-likeness (QED) is 0.321. The van der Waals surface area contributed by atoms with Crippen molar-refractivity contribution in [2.45, 2.75) is 25.7 Å². The number of aromatic amines is 2. The van der Waals surface area contributed by atoms with Crippen molar-refractivity contribution < 1.29 is 4.79 Å². The fourth-order valence-electron chi connectivity index (χ4n) is 4.69. The van der Waals surface area contributed by atoms with E-state index in [-0.39, 0.29) is 5.78 Å². The van der Waals surface area contributed by atoms with Gasteiger partial charge in [0.15, 0.2) is 5.78 Å². The minimum absolute atomic E-state index is 0.0915. The number of ketones is 1. The number of Topliss-reactive ketones (excluding diaryl/α,β-unsaturated/α-hetero) is 1. The van der Waals surface area contributed by atoms with Crippen LogP contribution >= 0.6 is 11.3 Å². The molecule has 5 aromatic rings. The second-order valence-corrected chi connectivity index (χ2v) is 9.51. The van der Waals surface area contributed by atoms with Crippen molar-refractivity contribution >= 4 is 39.1 Å². The van der Waals surface area contributed by atoms with E-state index in [0.29, 0.717) is 5.92 Å². The van der Waals surface area contributed by atoms with Gasteiger partial charge in [-0.1, -0.05) is 6.07 Å². The summed E-state index contributed by atoms with van der Waals surface area (Å²) < 4.78 is 0. The van der Waals surface area contributed by atoms with Crippen LogP contribution in [0.2, 0.25) is 0 Å². The molecule has 32 heavy (non-hydrogen) atoms. The second-order valence-electron chi connectivity index (χ2n) is 8.43. The van der Waals surface area contributed by atoms with Crippen molar-refractivity contribution in [3.8, 4) is 21.8 Å². The third-order valence-electron chi connectivity index (χ3n) is 6.40. The van der Waals surface area contributed by atoms with E-state index in [1.54, 1.807) is 6.92 Å². The first kappa shape index (κ1) is 19.4. The predicted molar refractivity (Wildman–Crippen MR) is 129 cm³/mol. The Morgan fingerprint density at radius 3 is 2.75 bits per heavy atom. The highest BCUT2D eigenvalue weighted by Crippen LogP contribution is 2.37. The van der Waals surface area contributed by atoms with Crippen LogP contribution in [0.5, 0.6) is 0 Å². The Morgan fingerprint density at radius 2 is 1.94 bits per heavy atom. The van der Waals surface area contributed by atoms with E-state index >= 15 is 0 Å². The lowest BCUT2D eigenvalue weighted by Crippen LogP contribution is -2.26. The van der Waals surface area contributed by atoms with Crippen LogP contribution in [-0.2, 0) is 0 Å². The summed E-state index contributed by atoms with van der Waals surface area (Å²) in [6, 6.07) is 14.7. The number of hydrogen-bond donors (Lipinski definition) is 3. The lowest BCUT2D eigenvalue weighted by molar-refractivity contribution is 0.102. The molecule has 1 aliphatic heterocycles. The molecule has 0 amide bonds. The van der Waals surface area contributed by atoms with Crippen LogP contribution in [0.25, 0.3) is 43.8 Å². The van der Waals surface area contributed by atoms with Gasteiger partial charge < -0.3 is 10.3 Å². The van der Waals surface area contributed by atoms with E-state index in [0.717, 1.165) is 61.7 Å². The van der Waals surface area contributed by atoms with Gasteiger partial charge in [0.25, 0.3) is 0 Å². The molecule has 6 nitrogen and oxygen atoms in total. The smallest absolute Gasteiger partial charge is 0.169 e. The maximum Gasteiger partial charge on any atom is 0.169 e. The number of benzene rings is 1. The number of thiophene rings is 1. The van der Waals surface area contributed by atoms with E-state index < -0.39 is 0 Å². The Kier molecular flexibility index (Phi) is 4.66. The summed E-state index contributed by atoms with van der Waals surface area (Å²) in [6.07, 6.45) is 4.14. The van der Waals surface area contributed by atoms with E-state index in [9.17, 15) is 4.79 Å². The third kappa shape index (κ3) is 3.25. The molecule has 0 aliphatic carbocycles. The molecule has 160 valence electrons. The van der Waals surface area contributed by atoms with Gasteiger partial charge in [-0.15, -0.1) is 11.3 Å². The zero-order chi connectivity index (χ0) is 21.7. The van der Waals surface area contributed by atoms with Crippen molar-refractivity contribution in [1.29, 1.82) is 0 Å². The van der Waals surface area contributed by atoms with Gasteiger partial charge in [0.1, 0.15) is 11.3 Å². The number of nitrogens with zero attached hydrogens (tertiary/aromatic N) is 2. The molecule has 3 N–H and O–H groups in total. The molecule has 0 spiro atoms. The minimum atomic E-state index is 0.0915. The summed E-state index contributed by atoms with van der Waals surface area (Å²) in [5.74, 6) is 0.683. The molecule has 1 saturated heterocycles. The molecular formula is C25H23N5OS. The normalized spacial score (nSPS) is 15.0. The Bertz CT molecular complexity index is 1450. The first-order chi connectivity index (χ1) is 15.7. The zero-order valence-electron chi connectivity index (χ0n) is 17.7. The molecule has 1 aromatic carbocycles. The van der Waals surface area contributed by atoms with Crippen molar-refractivity contribution in [3.05, 3.63) is 59.1 Å². The number of H-pyrrole nitrogens is 2. The van der Waals surface area contributed by atoms with Crippen LogP contribution in [-0.4, -0.2) is 39.0 Å². The summed E-state index contributed by atoms with van der Waals surface area (Å²) in [5, 5.41) is 13.4. The average Bonchev–Trinajstić information content (AvgIpc) is 3.56. The van der Waals surface area contributed by atoms with Gasteiger partial charge in [-0.3, -0.25) is 9.89 Å². The Hall–Kier alpha value is -3.29. The van der Waals surface area contributed by atoms with Crippen molar-refractivity contribution in [2.75, 3.05) is 13.1 Å². The number of piperidine rings is 1. The first-order valence-electron chi connectivity index (χ1n) is 11.0. The lowest BCUT2D eigenvalue weighted by Gasteiger charge is -2.23. The molecule has 0 atom stereocenters. The number of rotatable bonds is 4. The van der Waals surface area contributed by atoms with Crippen LogP contribution in [0.3, 0.4) is 0 Å². The first-order valence-corrected chi connectivity index (χ1v) is 11.8. The number of pyridine rings is 1. The topological polar surface area (TPSA) is 86.5 Å². The van der Waals surface area contributed by atoms with Gasteiger partial charge >= 0.3 is 0 Å². The number of fused-ring (bicyclic) bond motifs is 2. The number of hydrogen-bond acceptors (Lipinski definition) is 5.